The lowest BCUT2D eigenvalue weighted by Gasteiger charge is -2.14. The lowest BCUT2D eigenvalue weighted by molar-refractivity contribution is 0.0475. The van der Waals surface area contributed by atoms with Crippen LogP contribution >= 0.6 is 23.2 Å². The first-order chi connectivity index (χ1) is 13.3. The number of nitrogens with zero attached hydrogens (tertiary/aromatic N) is 1. The van der Waals surface area contributed by atoms with E-state index in [-0.39, 0.29) is 33.2 Å². The average Bonchev–Trinajstić information content (AvgIpc) is 3.26. The van der Waals surface area contributed by atoms with Gasteiger partial charge in [-0.25, -0.2) is 4.79 Å². The molecule has 1 aliphatic heterocycles. The van der Waals surface area contributed by atoms with Crippen LogP contribution in [0.1, 0.15) is 44.9 Å². The van der Waals surface area contributed by atoms with E-state index in [4.69, 9.17) is 38.4 Å². The molecule has 0 saturated carbocycles. The van der Waals surface area contributed by atoms with Crippen molar-refractivity contribution in [2.45, 2.75) is 39.3 Å². The Bertz CT molecular complexity index is 917. The number of aromatic nitrogens is 1. The Kier molecular flexibility index (Phi) is 6.33. The number of esters is 1. The molecule has 6 nitrogen and oxygen atoms in total. The molecular formula is C20H22Cl2N2O4. The largest absolute Gasteiger partial charge is 0.454 e. The van der Waals surface area contributed by atoms with Crippen molar-refractivity contribution < 1.29 is 19.1 Å². The van der Waals surface area contributed by atoms with Gasteiger partial charge in [-0.1, -0.05) is 23.2 Å². The SMILES string of the molecule is Cc1cc(C(=O)COC(=O)c2cc(Cl)cc(Cl)c2N)c(C)n1C[C@@H]1CCCO1. The van der Waals surface area contributed by atoms with Gasteiger partial charge in [0.15, 0.2) is 6.61 Å². The fourth-order valence-electron chi connectivity index (χ4n) is 3.40. The highest BCUT2D eigenvalue weighted by molar-refractivity contribution is 6.37. The summed E-state index contributed by atoms with van der Waals surface area (Å²) >= 11 is 11.8. The third-order valence-corrected chi connectivity index (χ3v) is 5.46. The van der Waals surface area contributed by atoms with E-state index >= 15 is 0 Å². The van der Waals surface area contributed by atoms with E-state index in [0.29, 0.717) is 12.1 Å². The molecule has 1 aromatic heterocycles. The van der Waals surface area contributed by atoms with Crippen LogP contribution in [0, 0.1) is 13.8 Å². The summed E-state index contributed by atoms with van der Waals surface area (Å²) in [5, 5.41) is 0.415. The summed E-state index contributed by atoms with van der Waals surface area (Å²) < 4.78 is 12.9. The van der Waals surface area contributed by atoms with Crippen molar-refractivity contribution in [3.05, 3.63) is 50.8 Å². The number of aryl methyl sites for hydroxylation is 1. The van der Waals surface area contributed by atoms with E-state index in [9.17, 15) is 9.59 Å². The molecule has 1 aromatic carbocycles. The molecule has 1 fully saturated rings. The third-order valence-electron chi connectivity index (χ3n) is 4.93. The van der Waals surface area contributed by atoms with E-state index in [0.717, 1.165) is 30.8 Å². The Morgan fingerprint density at radius 3 is 2.68 bits per heavy atom. The standard InChI is InChI=1S/C20H22Cl2N2O4/c1-11-6-15(12(2)24(11)9-14-4-3-5-27-14)18(25)10-28-20(26)16-7-13(21)8-17(22)19(16)23/h6-8,14H,3-5,9-10,23H2,1-2H3/t14-/m0/s1. The molecule has 1 aliphatic rings. The molecule has 1 saturated heterocycles. The highest BCUT2D eigenvalue weighted by Crippen LogP contribution is 2.28. The second kappa shape index (κ2) is 8.55. The molecule has 2 aromatic rings. The number of halogens is 2. The number of ketones is 1. The molecule has 2 N–H and O–H groups in total. The molecule has 0 aliphatic carbocycles. The molecule has 150 valence electrons. The maximum Gasteiger partial charge on any atom is 0.340 e. The Morgan fingerprint density at radius 2 is 2.00 bits per heavy atom. The minimum absolute atomic E-state index is 0.0363. The van der Waals surface area contributed by atoms with E-state index in [1.54, 1.807) is 0 Å². The van der Waals surface area contributed by atoms with Crippen LogP contribution in [0.15, 0.2) is 18.2 Å². The third kappa shape index (κ3) is 4.35. The topological polar surface area (TPSA) is 83.5 Å². The number of carbonyl (C=O) groups is 2. The van der Waals surface area contributed by atoms with Gasteiger partial charge in [0.2, 0.25) is 5.78 Å². The summed E-state index contributed by atoms with van der Waals surface area (Å²) in [7, 11) is 0. The highest BCUT2D eigenvalue weighted by atomic mass is 35.5. The smallest absolute Gasteiger partial charge is 0.340 e. The van der Waals surface area contributed by atoms with Gasteiger partial charge in [0.1, 0.15) is 0 Å². The summed E-state index contributed by atoms with van der Waals surface area (Å²) in [6, 6.07) is 4.61. The van der Waals surface area contributed by atoms with Crippen LogP contribution in [-0.2, 0) is 16.0 Å². The Balaban J connectivity index is 1.69. The van der Waals surface area contributed by atoms with Gasteiger partial charge < -0.3 is 19.8 Å². The van der Waals surface area contributed by atoms with E-state index in [1.165, 1.54) is 12.1 Å². The number of nitrogens with two attached hydrogens (primary N) is 1. The van der Waals surface area contributed by atoms with Gasteiger partial charge in [-0.3, -0.25) is 4.79 Å². The zero-order valence-corrected chi connectivity index (χ0v) is 17.3. The van der Waals surface area contributed by atoms with Crippen molar-refractivity contribution in [1.82, 2.24) is 4.57 Å². The van der Waals surface area contributed by atoms with Gasteiger partial charge in [-0.2, -0.15) is 0 Å². The van der Waals surface area contributed by atoms with Gasteiger partial charge in [-0.15, -0.1) is 0 Å². The van der Waals surface area contributed by atoms with Crippen LogP contribution in [-0.4, -0.2) is 35.6 Å². The molecule has 0 amide bonds. The zero-order valence-electron chi connectivity index (χ0n) is 15.8. The van der Waals surface area contributed by atoms with Crippen molar-refractivity contribution >= 4 is 40.6 Å². The van der Waals surface area contributed by atoms with Crippen LogP contribution in [0.25, 0.3) is 0 Å². The minimum atomic E-state index is -0.747. The van der Waals surface area contributed by atoms with Gasteiger partial charge in [0, 0.05) is 35.1 Å². The van der Waals surface area contributed by atoms with Crippen LogP contribution < -0.4 is 5.73 Å². The van der Waals surface area contributed by atoms with Crippen molar-refractivity contribution in [3.8, 4) is 0 Å². The summed E-state index contributed by atoms with van der Waals surface area (Å²) in [6.07, 6.45) is 2.24. The quantitative estimate of drug-likeness (QED) is 0.426. The second-order valence-electron chi connectivity index (χ2n) is 6.88. The van der Waals surface area contributed by atoms with Crippen molar-refractivity contribution in [2.24, 2.45) is 0 Å². The van der Waals surface area contributed by atoms with Gasteiger partial charge in [0.05, 0.1) is 22.4 Å². The lowest BCUT2D eigenvalue weighted by atomic mass is 10.1. The summed E-state index contributed by atoms with van der Waals surface area (Å²) in [5.41, 5.74) is 8.23. The number of hydrogen-bond acceptors (Lipinski definition) is 5. The predicted octanol–water partition coefficient (Wildman–Crippen LogP) is 4.21. The monoisotopic (exact) mass is 424 g/mol. The molecule has 2 heterocycles. The first-order valence-electron chi connectivity index (χ1n) is 9.01. The zero-order chi connectivity index (χ0) is 20.4. The minimum Gasteiger partial charge on any atom is -0.454 e. The predicted molar refractivity (Wildman–Crippen MR) is 108 cm³/mol. The molecule has 28 heavy (non-hydrogen) atoms. The summed E-state index contributed by atoms with van der Waals surface area (Å²) in [5.74, 6) is -1.03. The lowest BCUT2D eigenvalue weighted by Crippen LogP contribution is -2.18. The normalized spacial score (nSPS) is 16.4. The Hall–Kier alpha value is -2.02. The number of ether oxygens (including phenoxy) is 2. The molecule has 0 radical (unpaired) electrons. The number of anilines is 1. The number of benzene rings is 1. The van der Waals surface area contributed by atoms with Gasteiger partial charge >= 0.3 is 5.97 Å². The Labute approximate surface area is 173 Å². The van der Waals surface area contributed by atoms with Crippen molar-refractivity contribution in [2.75, 3.05) is 18.9 Å². The molecule has 3 rings (SSSR count). The number of nitrogen functional groups attached to an aromatic ring is 1. The van der Waals surface area contributed by atoms with Crippen molar-refractivity contribution in [3.63, 3.8) is 0 Å². The first-order valence-corrected chi connectivity index (χ1v) is 9.76. The molecule has 0 bridgehead atoms. The highest BCUT2D eigenvalue weighted by Gasteiger charge is 2.22. The van der Waals surface area contributed by atoms with Crippen molar-refractivity contribution in [1.29, 1.82) is 0 Å². The fraction of sp³-hybridized carbons (Fsp3) is 0.400. The average molecular weight is 425 g/mol. The fourth-order valence-corrected chi connectivity index (χ4v) is 3.89. The summed E-state index contributed by atoms with van der Waals surface area (Å²) in [6.45, 7) is 4.92. The van der Waals surface area contributed by atoms with E-state index < -0.39 is 12.6 Å². The Morgan fingerprint density at radius 1 is 1.25 bits per heavy atom. The van der Waals surface area contributed by atoms with Crippen LogP contribution in [0.3, 0.4) is 0 Å². The van der Waals surface area contributed by atoms with E-state index in [1.807, 2.05) is 19.9 Å². The maximum atomic E-state index is 12.6. The number of rotatable bonds is 6. The molecule has 1 atom stereocenters. The second-order valence-corrected chi connectivity index (χ2v) is 7.72. The first kappa shape index (κ1) is 20.7. The maximum absolute atomic E-state index is 12.6. The van der Waals surface area contributed by atoms with Crippen LogP contribution in [0.4, 0.5) is 5.69 Å². The summed E-state index contributed by atoms with van der Waals surface area (Å²) in [4.78, 5) is 24.9. The van der Waals surface area contributed by atoms with Crippen LogP contribution in [0.5, 0.6) is 0 Å². The van der Waals surface area contributed by atoms with Gasteiger partial charge in [-0.05, 0) is 44.9 Å². The van der Waals surface area contributed by atoms with E-state index in [2.05, 4.69) is 4.57 Å². The molecule has 8 heteroatoms. The van der Waals surface area contributed by atoms with Gasteiger partial charge in [0.25, 0.3) is 0 Å². The number of carbonyl (C=O) groups excluding carboxylic acids is 2. The number of hydrogen-bond donors (Lipinski definition) is 1. The van der Waals surface area contributed by atoms with Crippen LogP contribution in [0.2, 0.25) is 10.0 Å². The number of Topliss-reactive ketones (excluding diaryl/α,β-unsaturated/α-hetero) is 1. The molecule has 0 unspecified atom stereocenters. The molecule has 0 spiro atoms. The molecular weight excluding hydrogens is 403 g/mol.